The zero-order valence-electron chi connectivity index (χ0n) is 12.9. The molecule has 0 bridgehead atoms. The highest BCUT2D eigenvalue weighted by molar-refractivity contribution is 5.84. The average Bonchev–Trinajstić information content (AvgIpc) is 3.01. The van der Waals surface area contributed by atoms with Gasteiger partial charge in [0.15, 0.2) is 0 Å². The van der Waals surface area contributed by atoms with Crippen molar-refractivity contribution in [3.8, 4) is 0 Å². The summed E-state index contributed by atoms with van der Waals surface area (Å²) < 4.78 is 0. The summed E-state index contributed by atoms with van der Waals surface area (Å²) in [5, 5.41) is 0. The van der Waals surface area contributed by atoms with E-state index in [4.69, 9.17) is 0 Å². The van der Waals surface area contributed by atoms with Gasteiger partial charge in [0.25, 0.3) is 0 Å². The molecule has 0 heterocycles. The Balaban J connectivity index is 0.000000174. The van der Waals surface area contributed by atoms with Crippen LogP contribution in [0.25, 0.3) is 5.57 Å². The Hall–Kier alpha value is -2.60. The molecule has 108 valence electrons. The van der Waals surface area contributed by atoms with Gasteiger partial charge in [0, 0.05) is 0 Å². The SMILES string of the molecule is C1=C(c2ccccc2)c2ccccc2C1.Cc1ccccc1. The third-order valence-corrected chi connectivity index (χ3v) is 3.86. The first-order valence-corrected chi connectivity index (χ1v) is 7.70. The van der Waals surface area contributed by atoms with Gasteiger partial charge in [-0.15, -0.1) is 0 Å². The number of rotatable bonds is 1. The molecule has 0 amide bonds. The van der Waals surface area contributed by atoms with Gasteiger partial charge in [0.05, 0.1) is 0 Å². The van der Waals surface area contributed by atoms with E-state index in [-0.39, 0.29) is 0 Å². The van der Waals surface area contributed by atoms with E-state index in [0.29, 0.717) is 0 Å². The zero-order chi connectivity index (χ0) is 15.2. The minimum atomic E-state index is 1.07. The first-order valence-electron chi connectivity index (χ1n) is 7.70. The highest BCUT2D eigenvalue weighted by Crippen LogP contribution is 2.31. The van der Waals surface area contributed by atoms with E-state index in [2.05, 4.69) is 79.7 Å². The van der Waals surface area contributed by atoms with E-state index in [1.54, 1.807) is 0 Å². The van der Waals surface area contributed by atoms with E-state index in [1.165, 1.54) is 27.8 Å². The van der Waals surface area contributed by atoms with Crippen molar-refractivity contribution in [2.75, 3.05) is 0 Å². The lowest BCUT2D eigenvalue weighted by Crippen LogP contribution is -1.85. The Morgan fingerprint density at radius 2 is 1.23 bits per heavy atom. The molecule has 0 aromatic heterocycles. The summed E-state index contributed by atoms with van der Waals surface area (Å²) in [5.74, 6) is 0. The van der Waals surface area contributed by atoms with E-state index in [1.807, 2.05) is 18.2 Å². The number of hydrogen-bond donors (Lipinski definition) is 0. The van der Waals surface area contributed by atoms with Crippen molar-refractivity contribution in [2.24, 2.45) is 0 Å². The third-order valence-electron chi connectivity index (χ3n) is 3.86. The van der Waals surface area contributed by atoms with E-state index >= 15 is 0 Å². The zero-order valence-corrected chi connectivity index (χ0v) is 12.9. The minimum absolute atomic E-state index is 1.07. The molecule has 22 heavy (non-hydrogen) atoms. The van der Waals surface area contributed by atoms with Crippen LogP contribution in [-0.2, 0) is 6.42 Å². The second-order valence-corrected chi connectivity index (χ2v) is 5.50. The van der Waals surface area contributed by atoms with E-state index in [0.717, 1.165) is 6.42 Å². The molecule has 3 aromatic rings. The Bertz CT molecular complexity index is 752. The van der Waals surface area contributed by atoms with Crippen molar-refractivity contribution < 1.29 is 0 Å². The van der Waals surface area contributed by atoms with Gasteiger partial charge in [-0.05, 0) is 35.6 Å². The molecule has 0 saturated heterocycles. The smallest absolute Gasteiger partial charge is 0.00819 e. The van der Waals surface area contributed by atoms with E-state index in [9.17, 15) is 0 Å². The summed E-state index contributed by atoms with van der Waals surface area (Å²) in [6.07, 6.45) is 3.39. The lowest BCUT2D eigenvalue weighted by atomic mass is 9.99. The van der Waals surface area contributed by atoms with Crippen LogP contribution in [0.1, 0.15) is 22.3 Å². The van der Waals surface area contributed by atoms with Crippen LogP contribution >= 0.6 is 0 Å². The van der Waals surface area contributed by atoms with Gasteiger partial charge < -0.3 is 0 Å². The fraction of sp³-hybridized carbons (Fsp3) is 0.0909. The Morgan fingerprint density at radius 1 is 0.636 bits per heavy atom. The normalized spacial score (nSPS) is 12.0. The van der Waals surface area contributed by atoms with Crippen molar-refractivity contribution in [3.05, 3.63) is 113 Å². The highest BCUT2D eigenvalue weighted by atomic mass is 14.2. The van der Waals surface area contributed by atoms with Crippen molar-refractivity contribution in [2.45, 2.75) is 13.3 Å². The van der Waals surface area contributed by atoms with Crippen molar-refractivity contribution in [1.82, 2.24) is 0 Å². The van der Waals surface area contributed by atoms with Crippen LogP contribution in [0.3, 0.4) is 0 Å². The van der Waals surface area contributed by atoms with Crippen LogP contribution < -0.4 is 0 Å². The molecule has 0 saturated carbocycles. The summed E-state index contributed by atoms with van der Waals surface area (Å²) in [7, 11) is 0. The van der Waals surface area contributed by atoms with Crippen molar-refractivity contribution >= 4 is 5.57 Å². The molecular weight excluding hydrogens is 264 g/mol. The fourth-order valence-corrected chi connectivity index (χ4v) is 2.71. The quantitative estimate of drug-likeness (QED) is 0.540. The first-order chi connectivity index (χ1) is 10.8. The summed E-state index contributed by atoms with van der Waals surface area (Å²) >= 11 is 0. The first kappa shape index (κ1) is 14.3. The molecule has 0 unspecified atom stereocenters. The number of allylic oxidation sites excluding steroid dienone is 1. The molecule has 0 fully saturated rings. The largest absolute Gasteiger partial charge is 0.0716 e. The Labute approximate surface area is 132 Å². The lowest BCUT2D eigenvalue weighted by molar-refractivity contribution is 1.31. The number of aryl methyl sites for hydroxylation is 1. The average molecular weight is 284 g/mol. The van der Waals surface area contributed by atoms with Crippen LogP contribution in [0.2, 0.25) is 0 Å². The topological polar surface area (TPSA) is 0 Å². The van der Waals surface area contributed by atoms with Crippen LogP contribution in [-0.4, -0.2) is 0 Å². The molecule has 0 radical (unpaired) electrons. The maximum atomic E-state index is 2.32. The standard InChI is InChI=1S/C15H12.C7H8/c1-2-6-12(7-3-1)15-11-10-13-8-4-5-9-14(13)15;1-7-5-3-2-4-6-7/h1-9,11H,10H2;2-6H,1H3. The molecule has 3 aromatic carbocycles. The minimum Gasteiger partial charge on any atom is -0.0716 e. The fourth-order valence-electron chi connectivity index (χ4n) is 2.71. The molecule has 0 nitrogen and oxygen atoms in total. The molecule has 0 aliphatic heterocycles. The predicted molar refractivity (Wildman–Crippen MR) is 94.8 cm³/mol. The number of fused-ring (bicyclic) bond motifs is 1. The molecule has 1 aliphatic rings. The number of hydrogen-bond acceptors (Lipinski definition) is 0. The van der Waals surface area contributed by atoms with Crippen LogP contribution in [0.4, 0.5) is 0 Å². The Morgan fingerprint density at radius 3 is 1.86 bits per heavy atom. The van der Waals surface area contributed by atoms with Gasteiger partial charge in [0.1, 0.15) is 0 Å². The van der Waals surface area contributed by atoms with Gasteiger partial charge in [-0.1, -0.05) is 96.6 Å². The van der Waals surface area contributed by atoms with Gasteiger partial charge in [-0.25, -0.2) is 0 Å². The molecular formula is C22H20. The summed E-state index contributed by atoms with van der Waals surface area (Å²) in [5.41, 5.74) is 6.86. The molecule has 0 spiro atoms. The molecule has 1 aliphatic carbocycles. The third kappa shape index (κ3) is 3.35. The van der Waals surface area contributed by atoms with Gasteiger partial charge in [0.2, 0.25) is 0 Å². The van der Waals surface area contributed by atoms with Gasteiger partial charge >= 0.3 is 0 Å². The van der Waals surface area contributed by atoms with Crippen molar-refractivity contribution in [1.29, 1.82) is 0 Å². The van der Waals surface area contributed by atoms with Gasteiger partial charge in [-0.2, -0.15) is 0 Å². The molecule has 4 rings (SSSR count). The molecule has 0 heteroatoms. The van der Waals surface area contributed by atoms with E-state index < -0.39 is 0 Å². The van der Waals surface area contributed by atoms with Gasteiger partial charge in [-0.3, -0.25) is 0 Å². The second kappa shape index (κ2) is 6.91. The molecule has 0 N–H and O–H groups in total. The van der Waals surface area contributed by atoms with Crippen LogP contribution in [0, 0.1) is 6.92 Å². The van der Waals surface area contributed by atoms with Crippen LogP contribution in [0.15, 0.2) is 91.0 Å². The van der Waals surface area contributed by atoms with Crippen LogP contribution in [0.5, 0.6) is 0 Å². The predicted octanol–water partition coefficient (Wildman–Crippen LogP) is 5.67. The second-order valence-electron chi connectivity index (χ2n) is 5.50. The summed E-state index contributed by atoms with van der Waals surface area (Å²) in [4.78, 5) is 0. The number of benzene rings is 3. The van der Waals surface area contributed by atoms with Crippen molar-refractivity contribution in [3.63, 3.8) is 0 Å². The Kier molecular flexibility index (Phi) is 4.50. The maximum absolute atomic E-state index is 2.32. The summed E-state index contributed by atoms with van der Waals surface area (Å²) in [6.45, 7) is 2.08. The summed E-state index contributed by atoms with van der Waals surface area (Å²) in [6, 6.07) is 29.5. The highest BCUT2D eigenvalue weighted by Gasteiger charge is 2.13. The monoisotopic (exact) mass is 284 g/mol. The molecule has 0 atom stereocenters. The lowest BCUT2D eigenvalue weighted by Gasteiger charge is -2.05. The maximum Gasteiger partial charge on any atom is -0.00819 e.